The van der Waals surface area contributed by atoms with Crippen LogP contribution in [0.3, 0.4) is 0 Å². The Balaban J connectivity index is 1.75. The van der Waals surface area contributed by atoms with Gasteiger partial charge in [-0.25, -0.2) is 0 Å². The SMILES string of the molecule is CCCCCCCC/C=C\CCCCCCCCCCCCCCCC(=O)N[C@@H](CO[C@@H]1O[C@H](CO)[C@@H](O[C@@H]2O[C@H](CO)[C@H](O)[C@H](O)[C@H]2O)[C@H](O)C1O)[C@H](O)/C=C/CCCCCCCCCCCCC. The van der Waals surface area contributed by atoms with Crippen molar-refractivity contribution in [3.63, 3.8) is 0 Å². The molecule has 0 spiro atoms. The van der Waals surface area contributed by atoms with Gasteiger partial charge in [0.25, 0.3) is 0 Å². The maximum atomic E-state index is 13.2. The molecule has 412 valence electrons. The molecule has 2 rings (SSSR count). The number of unbranched alkanes of at least 4 members (excludes halogenated alkanes) is 30. The second-order valence-electron chi connectivity index (χ2n) is 20.4. The van der Waals surface area contributed by atoms with Crippen LogP contribution in [0.15, 0.2) is 24.3 Å². The summed E-state index contributed by atoms with van der Waals surface area (Å²) >= 11 is 0. The molecule has 1 amide bonds. The third-order valence-corrected chi connectivity index (χ3v) is 14.1. The van der Waals surface area contributed by atoms with Gasteiger partial charge < -0.3 is 65.1 Å². The van der Waals surface area contributed by atoms with Crippen molar-refractivity contribution < 1.29 is 64.6 Å². The van der Waals surface area contributed by atoms with Crippen molar-refractivity contribution in [3.05, 3.63) is 24.3 Å². The van der Waals surface area contributed by atoms with Crippen molar-refractivity contribution in [1.29, 1.82) is 0 Å². The van der Waals surface area contributed by atoms with Gasteiger partial charge in [0.15, 0.2) is 12.6 Å². The number of amides is 1. The summed E-state index contributed by atoms with van der Waals surface area (Å²) in [5.74, 6) is -0.238. The molecule has 0 aromatic carbocycles. The maximum Gasteiger partial charge on any atom is 0.220 e. The second kappa shape index (κ2) is 42.8. The first-order valence-electron chi connectivity index (χ1n) is 28.6. The van der Waals surface area contributed by atoms with Gasteiger partial charge in [-0.15, -0.1) is 0 Å². The highest BCUT2D eigenvalue weighted by Crippen LogP contribution is 2.30. The average molecular weight is 1000 g/mol. The molecule has 14 heteroatoms. The minimum absolute atomic E-state index is 0.238. The standard InChI is InChI=1S/C56H105NO13/c1-3-5-7-9-11-13-15-17-18-19-20-21-22-23-24-25-26-28-30-32-34-36-38-40-48(61)57-44(45(60)39-37-35-33-31-29-27-16-14-12-10-8-6-4-2)43-67-55-53(66)51(64)54(47(42-59)69-55)70-56-52(65)50(63)49(62)46(41-58)68-56/h17-18,37,39,44-47,49-56,58-60,62-66H,3-16,19-36,38,40-43H2,1-2H3,(H,57,61)/b18-17-,39-37+/t44-,45+,46+,47+,49-,50-,51+,52+,53?,54+,55+,56-/m0/s1. The normalized spacial score (nSPS) is 26.1. The molecule has 14 nitrogen and oxygen atoms in total. The lowest BCUT2D eigenvalue weighted by Crippen LogP contribution is -2.65. The molecule has 2 aliphatic rings. The summed E-state index contributed by atoms with van der Waals surface area (Å²) in [4.78, 5) is 13.2. The summed E-state index contributed by atoms with van der Waals surface area (Å²) in [5.41, 5.74) is 0. The predicted octanol–water partition coefficient (Wildman–Crippen LogP) is 8.89. The van der Waals surface area contributed by atoms with Crippen molar-refractivity contribution in [2.75, 3.05) is 19.8 Å². The van der Waals surface area contributed by atoms with Crippen LogP contribution in [-0.4, -0.2) is 140 Å². The number of ether oxygens (including phenoxy) is 4. The van der Waals surface area contributed by atoms with E-state index in [1.54, 1.807) is 6.08 Å². The summed E-state index contributed by atoms with van der Waals surface area (Å²) < 4.78 is 22.7. The second-order valence-corrected chi connectivity index (χ2v) is 20.4. The summed E-state index contributed by atoms with van der Waals surface area (Å²) in [6.07, 6.45) is 32.2. The van der Waals surface area contributed by atoms with Crippen LogP contribution >= 0.6 is 0 Å². The van der Waals surface area contributed by atoms with E-state index in [9.17, 15) is 45.6 Å². The van der Waals surface area contributed by atoms with Gasteiger partial charge in [0, 0.05) is 6.42 Å². The van der Waals surface area contributed by atoms with E-state index in [2.05, 4.69) is 31.3 Å². The maximum absolute atomic E-state index is 13.2. The topological polar surface area (TPSA) is 228 Å². The molecule has 2 aliphatic heterocycles. The van der Waals surface area contributed by atoms with Crippen LogP contribution in [0.1, 0.15) is 232 Å². The third kappa shape index (κ3) is 28.8. The van der Waals surface area contributed by atoms with Gasteiger partial charge in [-0.3, -0.25) is 4.79 Å². The Morgan fingerprint density at radius 3 is 1.36 bits per heavy atom. The number of carbonyl (C=O) groups is 1. The van der Waals surface area contributed by atoms with Crippen LogP contribution in [0.25, 0.3) is 0 Å². The van der Waals surface area contributed by atoms with Gasteiger partial charge in [-0.2, -0.15) is 0 Å². The zero-order valence-corrected chi connectivity index (χ0v) is 44.0. The quantitative estimate of drug-likeness (QED) is 0.0205. The van der Waals surface area contributed by atoms with Gasteiger partial charge in [-0.1, -0.05) is 205 Å². The first kappa shape index (κ1) is 64.6. The molecule has 0 aliphatic carbocycles. The Bertz CT molecular complexity index is 1270. The van der Waals surface area contributed by atoms with Crippen molar-refractivity contribution in [1.82, 2.24) is 5.32 Å². The molecule has 0 bridgehead atoms. The lowest BCUT2D eigenvalue weighted by atomic mass is 9.97. The first-order chi connectivity index (χ1) is 34.1. The fourth-order valence-electron chi connectivity index (χ4n) is 9.46. The van der Waals surface area contributed by atoms with E-state index in [-0.39, 0.29) is 18.9 Å². The molecular formula is C56H105NO13. The van der Waals surface area contributed by atoms with E-state index in [0.717, 1.165) is 38.5 Å². The molecule has 2 saturated heterocycles. The van der Waals surface area contributed by atoms with Crippen molar-refractivity contribution in [2.45, 2.75) is 306 Å². The number of rotatable bonds is 45. The molecule has 0 aromatic rings. The molecule has 0 radical (unpaired) electrons. The number of allylic oxidation sites excluding steroid dienone is 3. The van der Waals surface area contributed by atoms with Crippen LogP contribution in [0.2, 0.25) is 0 Å². The fraction of sp³-hybridized carbons (Fsp3) is 0.911. The number of carbonyl (C=O) groups excluding carboxylic acids is 1. The zero-order valence-electron chi connectivity index (χ0n) is 44.0. The summed E-state index contributed by atoms with van der Waals surface area (Å²) in [6.45, 7) is 2.79. The molecule has 9 N–H and O–H groups in total. The van der Waals surface area contributed by atoms with E-state index in [0.29, 0.717) is 6.42 Å². The van der Waals surface area contributed by atoms with Gasteiger partial charge in [-0.05, 0) is 44.9 Å². The molecule has 12 atom stereocenters. The van der Waals surface area contributed by atoms with E-state index in [1.807, 2.05) is 6.08 Å². The Hall–Kier alpha value is -1.53. The third-order valence-electron chi connectivity index (χ3n) is 14.1. The van der Waals surface area contributed by atoms with Gasteiger partial charge in [0.2, 0.25) is 5.91 Å². The van der Waals surface area contributed by atoms with Crippen LogP contribution in [0.4, 0.5) is 0 Å². The highest BCUT2D eigenvalue weighted by atomic mass is 16.7. The van der Waals surface area contributed by atoms with Gasteiger partial charge in [0.1, 0.15) is 48.8 Å². The van der Waals surface area contributed by atoms with Crippen LogP contribution in [-0.2, 0) is 23.7 Å². The molecule has 2 fully saturated rings. The molecule has 0 aromatic heterocycles. The number of nitrogens with one attached hydrogen (secondary N) is 1. The van der Waals surface area contributed by atoms with E-state index >= 15 is 0 Å². The number of aliphatic hydroxyl groups excluding tert-OH is 8. The molecular weight excluding hydrogens is 895 g/mol. The minimum Gasteiger partial charge on any atom is -0.394 e. The van der Waals surface area contributed by atoms with E-state index < -0.39 is 86.8 Å². The smallest absolute Gasteiger partial charge is 0.220 e. The lowest BCUT2D eigenvalue weighted by Gasteiger charge is -2.46. The Kier molecular flexibility index (Phi) is 39.5. The molecule has 0 saturated carbocycles. The predicted molar refractivity (Wildman–Crippen MR) is 277 cm³/mol. The van der Waals surface area contributed by atoms with Gasteiger partial charge >= 0.3 is 0 Å². The number of hydrogen-bond acceptors (Lipinski definition) is 13. The van der Waals surface area contributed by atoms with Gasteiger partial charge in [0.05, 0.1) is 32.0 Å². The zero-order chi connectivity index (χ0) is 51.0. The molecule has 1 unspecified atom stereocenters. The number of aliphatic hydroxyl groups is 8. The molecule has 70 heavy (non-hydrogen) atoms. The van der Waals surface area contributed by atoms with Crippen LogP contribution in [0, 0.1) is 0 Å². The van der Waals surface area contributed by atoms with E-state index in [1.165, 1.54) is 167 Å². The summed E-state index contributed by atoms with van der Waals surface area (Å²) in [6, 6.07) is -0.911. The van der Waals surface area contributed by atoms with Crippen molar-refractivity contribution in [2.24, 2.45) is 0 Å². The molecule has 2 heterocycles. The summed E-state index contributed by atoms with van der Waals surface area (Å²) in [7, 11) is 0. The minimum atomic E-state index is -1.79. The Morgan fingerprint density at radius 1 is 0.500 bits per heavy atom. The van der Waals surface area contributed by atoms with E-state index in [4.69, 9.17) is 18.9 Å². The number of hydrogen-bond donors (Lipinski definition) is 9. The van der Waals surface area contributed by atoms with Crippen molar-refractivity contribution >= 4 is 5.91 Å². The van der Waals surface area contributed by atoms with Crippen LogP contribution in [0.5, 0.6) is 0 Å². The highest BCUT2D eigenvalue weighted by molar-refractivity contribution is 5.76. The Morgan fingerprint density at radius 2 is 0.900 bits per heavy atom. The average Bonchev–Trinajstić information content (AvgIpc) is 3.36. The monoisotopic (exact) mass is 1000 g/mol. The van der Waals surface area contributed by atoms with Crippen LogP contribution < -0.4 is 5.32 Å². The summed E-state index contributed by atoms with van der Waals surface area (Å²) in [5, 5.41) is 86.9. The highest BCUT2D eigenvalue weighted by Gasteiger charge is 2.51. The Labute approximate surface area is 424 Å². The lowest BCUT2D eigenvalue weighted by molar-refractivity contribution is -0.359. The first-order valence-corrected chi connectivity index (χ1v) is 28.6. The van der Waals surface area contributed by atoms with Crippen molar-refractivity contribution in [3.8, 4) is 0 Å². The fourth-order valence-corrected chi connectivity index (χ4v) is 9.46. The largest absolute Gasteiger partial charge is 0.394 e.